The summed E-state index contributed by atoms with van der Waals surface area (Å²) in [6, 6.07) is 4.32. The van der Waals surface area contributed by atoms with Crippen molar-refractivity contribution in [2.75, 3.05) is 13.1 Å². The summed E-state index contributed by atoms with van der Waals surface area (Å²) in [6.45, 7) is 3.14. The Hall–Kier alpha value is -2.37. The number of carbonyl (C=O) groups is 2. The lowest BCUT2D eigenvalue weighted by molar-refractivity contribution is -0.138. The lowest BCUT2D eigenvalue weighted by Crippen LogP contribution is -2.46. The molecule has 0 saturated carbocycles. The maximum absolute atomic E-state index is 13.2. The number of nitrogens with zero attached hydrogens (tertiary/aromatic N) is 1. The molecule has 2 heterocycles. The van der Waals surface area contributed by atoms with E-state index in [0.29, 0.717) is 25.9 Å². The topological polar surface area (TPSA) is 65.2 Å². The molecule has 1 unspecified atom stereocenters. The van der Waals surface area contributed by atoms with E-state index in [-0.39, 0.29) is 23.7 Å². The summed E-state index contributed by atoms with van der Waals surface area (Å²) >= 11 is 0. The number of fused-ring (bicyclic) bond motifs is 1. The summed E-state index contributed by atoms with van der Waals surface area (Å²) < 4.78 is 13.2. The number of hydrogen-bond acceptors (Lipinski definition) is 2. The van der Waals surface area contributed by atoms with Crippen molar-refractivity contribution in [1.29, 1.82) is 0 Å². The van der Waals surface area contributed by atoms with Crippen molar-refractivity contribution in [2.45, 2.75) is 45.1 Å². The molecule has 0 spiro atoms. The predicted molar refractivity (Wildman–Crippen MR) is 94.6 cm³/mol. The van der Waals surface area contributed by atoms with Crippen LogP contribution in [0.2, 0.25) is 0 Å². The number of aromatic nitrogens is 1. The van der Waals surface area contributed by atoms with E-state index in [1.165, 1.54) is 12.1 Å². The molecule has 2 N–H and O–H groups in total. The minimum absolute atomic E-state index is 0.0683. The summed E-state index contributed by atoms with van der Waals surface area (Å²) in [7, 11) is 0. The van der Waals surface area contributed by atoms with Gasteiger partial charge in [0.1, 0.15) is 11.9 Å². The Balaban J connectivity index is 1.56. The van der Waals surface area contributed by atoms with E-state index in [0.717, 1.165) is 35.7 Å². The summed E-state index contributed by atoms with van der Waals surface area (Å²) in [6.07, 6.45) is 5.41. The van der Waals surface area contributed by atoms with Crippen molar-refractivity contribution < 1.29 is 14.0 Å². The molecule has 0 aliphatic carbocycles. The second kappa shape index (κ2) is 7.68. The highest BCUT2D eigenvalue weighted by Crippen LogP contribution is 2.20. The van der Waals surface area contributed by atoms with E-state index in [9.17, 15) is 14.0 Å². The highest BCUT2D eigenvalue weighted by molar-refractivity contribution is 5.88. The van der Waals surface area contributed by atoms with E-state index < -0.39 is 0 Å². The fourth-order valence-electron chi connectivity index (χ4n) is 3.50. The number of nitrogens with one attached hydrogen (secondary N) is 2. The van der Waals surface area contributed by atoms with Crippen LogP contribution in [0.15, 0.2) is 24.4 Å². The van der Waals surface area contributed by atoms with E-state index in [1.54, 1.807) is 11.0 Å². The quantitative estimate of drug-likeness (QED) is 0.845. The standard InChI is InChI=1S/C19H24FN3O2/c1-2-4-18(24)23-10-3-5-17(23)19(25)21-9-8-13-12-22-16-11-14(20)6-7-15(13)16/h6-7,11-12,17,22H,2-5,8-10H2,1H3,(H,21,25). The molecule has 2 amide bonds. The number of hydrogen-bond donors (Lipinski definition) is 2. The molecule has 134 valence electrons. The number of H-pyrrole nitrogens is 1. The van der Waals surface area contributed by atoms with Crippen molar-refractivity contribution in [1.82, 2.24) is 15.2 Å². The molecule has 1 aromatic carbocycles. The minimum atomic E-state index is -0.337. The van der Waals surface area contributed by atoms with Crippen molar-refractivity contribution in [3.05, 3.63) is 35.8 Å². The monoisotopic (exact) mass is 345 g/mol. The van der Waals surface area contributed by atoms with Gasteiger partial charge in [0.2, 0.25) is 11.8 Å². The van der Waals surface area contributed by atoms with Gasteiger partial charge in [0, 0.05) is 36.6 Å². The Kier molecular flexibility index (Phi) is 5.36. The highest BCUT2D eigenvalue weighted by Gasteiger charge is 2.33. The van der Waals surface area contributed by atoms with Gasteiger partial charge in [-0.1, -0.05) is 6.92 Å². The van der Waals surface area contributed by atoms with Gasteiger partial charge >= 0.3 is 0 Å². The predicted octanol–water partition coefficient (Wildman–Crippen LogP) is 2.76. The maximum Gasteiger partial charge on any atom is 0.242 e. The number of amides is 2. The molecule has 0 radical (unpaired) electrons. The second-order valence-corrected chi connectivity index (χ2v) is 6.54. The molecule has 6 heteroatoms. The molecule has 3 rings (SSSR count). The molecular formula is C19H24FN3O2. The largest absolute Gasteiger partial charge is 0.361 e. The van der Waals surface area contributed by atoms with Crippen molar-refractivity contribution in [2.24, 2.45) is 0 Å². The molecule has 1 aliphatic heterocycles. The number of rotatable bonds is 6. The van der Waals surface area contributed by atoms with Crippen molar-refractivity contribution in [3.63, 3.8) is 0 Å². The molecule has 0 bridgehead atoms. The van der Waals surface area contributed by atoms with Gasteiger partial charge in [0.25, 0.3) is 0 Å². The fraction of sp³-hybridized carbons (Fsp3) is 0.474. The van der Waals surface area contributed by atoms with Gasteiger partial charge in [0.05, 0.1) is 0 Å². The molecule has 1 aliphatic rings. The van der Waals surface area contributed by atoms with Crippen LogP contribution < -0.4 is 5.32 Å². The van der Waals surface area contributed by atoms with Gasteiger partial charge in [-0.15, -0.1) is 0 Å². The zero-order valence-electron chi connectivity index (χ0n) is 14.5. The Bertz CT molecular complexity index is 771. The third kappa shape index (κ3) is 3.83. The van der Waals surface area contributed by atoms with Crippen LogP contribution in [-0.2, 0) is 16.0 Å². The molecule has 1 aromatic heterocycles. The van der Waals surface area contributed by atoms with Crippen LogP contribution in [0.25, 0.3) is 10.9 Å². The summed E-state index contributed by atoms with van der Waals surface area (Å²) in [5, 5.41) is 3.91. The van der Waals surface area contributed by atoms with Crippen molar-refractivity contribution >= 4 is 22.7 Å². The third-order valence-corrected chi connectivity index (χ3v) is 4.76. The minimum Gasteiger partial charge on any atom is -0.361 e. The normalized spacial score (nSPS) is 17.2. The van der Waals surface area contributed by atoms with Crippen LogP contribution in [-0.4, -0.2) is 40.8 Å². The first-order chi connectivity index (χ1) is 12.1. The van der Waals surface area contributed by atoms with E-state index >= 15 is 0 Å². The average Bonchev–Trinajstić information content (AvgIpc) is 3.22. The smallest absolute Gasteiger partial charge is 0.242 e. The van der Waals surface area contributed by atoms with Gasteiger partial charge in [-0.2, -0.15) is 0 Å². The van der Waals surface area contributed by atoms with E-state index in [1.807, 2.05) is 13.1 Å². The van der Waals surface area contributed by atoms with Gasteiger partial charge in [-0.05, 0) is 49.4 Å². The Morgan fingerprint density at radius 2 is 2.24 bits per heavy atom. The lowest BCUT2D eigenvalue weighted by atomic mass is 10.1. The SMILES string of the molecule is CCCC(=O)N1CCCC1C(=O)NCCc1c[nH]c2cc(F)ccc12. The van der Waals surface area contributed by atoms with Crippen LogP contribution in [0.4, 0.5) is 4.39 Å². The number of carbonyl (C=O) groups excluding carboxylic acids is 2. The molecule has 1 atom stereocenters. The number of benzene rings is 1. The summed E-state index contributed by atoms with van der Waals surface area (Å²) in [4.78, 5) is 29.3. The second-order valence-electron chi connectivity index (χ2n) is 6.54. The fourth-order valence-corrected chi connectivity index (χ4v) is 3.50. The van der Waals surface area contributed by atoms with Crippen molar-refractivity contribution in [3.8, 4) is 0 Å². The molecule has 25 heavy (non-hydrogen) atoms. The highest BCUT2D eigenvalue weighted by atomic mass is 19.1. The van der Waals surface area contributed by atoms with Gasteiger partial charge in [-0.25, -0.2) is 4.39 Å². The first-order valence-corrected chi connectivity index (χ1v) is 8.93. The number of aromatic amines is 1. The zero-order chi connectivity index (χ0) is 17.8. The summed E-state index contributed by atoms with van der Waals surface area (Å²) in [5.41, 5.74) is 1.80. The Morgan fingerprint density at radius 1 is 1.40 bits per heavy atom. The van der Waals surface area contributed by atoms with Gasteiger partial charge < -0.3 is 15.2 Å². The van der Waals surface area contributed by atoms with Crippen LogP contribution in [0.1, 0.15) is 38.2 Å². The summed E-state index contributed by atoms with van der Waals surface area (Å²) in [5.74, 6) is -0.279. The average molecular weight is 345 g/mol. The number of likely N-dealkylation sites (tertiary alicyclic amines) is 1. The molecular weight excluding hydrogens is 321 g/mol. The first-order valence-electron chi connectivity index (χ1n) is 8.93. The third-order valence-electron chi connectivity index (χ3n) is 4.76. The Labute approximate surface area is 146 Å². The molecule has 1 fully saturated rings. The maximum atomic E-state index is 13.2. The zero-order valence-corrected chi connectivity index (χ0v) is 14.5. The van der Waals surface area contributed by atoms with Crippen LogP contribution >= 0.6 is 0 Å². The van der Waals surface area contributed by atoms with E-state index in [4.69, 9.17) is 0 Å². The van der Waals surface area contributed by atoms with Crippen LogP contribution in [0, 0.1) is 5.82 Å². The molecule has 2 aromatic rings. The number of halogens is 1. The van der Waals surface area contributed by atoms with E-state index in [2.05, 4.69) is 10.3 Å². The Morgan fingerprint density at radius 3 is 3.04 bits per heavy atom. The first kappa shape index (κ1) is 17.5. The molecule has 5 nitrogen and oxygen atoms in total. The molecule has 1 saturated heterocycles. The van der Waals surface area contributed by atoms with Gasteiger partial charge in [-0.3, -0.25) is 9.59 Å². The van der Waals surface area contributed by atoms with Crippen LogP contribution in [0.3, 0.4) is 0 Å². The van der Waals surface area contributed by atoms with Crippen LogP contribution in [0.5, 0.6) is 0 Å². The van der Waals surface area contributed by atoms with Gasteiger partial charge in [0.15, 0.2) is 0 Å². The lowest BCUT2D eigenvalue weighted by Gasteiger charge is -2.23.